The van der Waals surface area contributed by atoms with Gasteiger partial charge in [0, 0.05) is 19.7 Å². The average Bonchev–Trinajstić information content (AvgIpc) is 2.36. The molecule has 0 spiro atoms. The van der Waals surface area contributed by atoms with E-state index < -0.39 is 0 Å². The van der Waals surface area contributed by atoms with Crippen molar-refractivity contribution in [3.63, 3.8) is 0 Å². The molecule has 17 heavy (non-hydrogen) atoms. The lowest BCUT2D eigenvalue weighted by Gasteiger charge is -2.37. The van der Waals surface area contributed by atoms with Gasteiger partial charge in [0.15, 0.2) is 0 Å². The maximum Gasteiger partial charge on any atom is 0.208 e. The van der Waals surface area contributed by atoms with E-state index >= 15 is 0 Å². The average molecular weight is 242 g/mol. The van der Waals surface area contributed by atoms with Gasteiger partial charge in [0.05, 0.1) is 12.6 Å². The smallest absolute Gasteiger partial charge is 0.208 e. The summed E-state index contributed by atoms with van der Waals surface area (Å²) in [7, 11) is 1.69. The number of nitrogens with two attached hydrogens (primary N) is 1. The molecule has 5 nitrogen and oxygen atoms in total. The van der Waals surface area contributed by atoms with Crippen molar-refractivity contribution >= 4 is 5.96 Å². The molecule has 0 radical (unpaired) electrons. The third-order valence-electron chi connectivity index (χ3n) is 3.25. The molecular weight excluding hydrogens is 216 g/mol. The minimum atomic E-state index is 0.130. The van der Waals surface area contributed by atoms with Crippen molar-refractivity contribution in [1.82, 2.24) is 10.3 Å². The monoisotopic (exact) mass is 242 g/mol. The number of nitrogens with one attached hydrogen (secondary N) is 1. The summed E-state index contributed by atoms with van der Waals surface area (Å²) in [4.78, 5) is 6.89. The van der Waals surface area contributed by atoms with Gasteiger partial charge in [0.1, 0.15) is 0 Å². The second kappa shape index (κ2) is 7.50. The predicted molar refractivity (Wildman–Crippen MR) is 70.7 cm³/mol. The van der Waals surface area contributed by atoms with Crippen LogP contribution in [0.3, 0.4) is 0 Å². The first-order valence-corrected chi connectivity index (χ1v) is 6.52. The molecule has 0 bridgehead atoms. The zero-order valence-electron chi connectivity index (χ0n) is 11.3. The van der Waals surface area contributed by atoms with E-state index in [0.29, 0.717) is 12.6 Å². The van der Waals surface area contributed by atoms with Crippen molar-refractivity contribution < 1.29 is 4.74 Å². The quantitative estimate of drug-likeness (QED) is 0.335. The number of hydrogen-bond acceptors (Lipinski definition) is 3. The molecule has 1 aliphatic heterocycles. The molecule has 1 saturated heterocycles. The first kappa shape index (κ1) is 14.3. The Morgan fingerprint density at radius 3 is 2.94 bits per heavy atom. The number of hydrogen-bond donors (Lipinski definition) is 2. The standard InChI is InChI=1S/C12H26N4O/c1-4-11-7-5-6-8-16(11)12(15-13)14-10(2)9-17-3/h10-11H,4-9,13H2,1-3H3,(H,14,15). The van der Waals surface area contributed by atoms with Crippen molar-refractivity contribution in [2.45, 2.75) is 51.6 Å². The number of rotatable bonds is 4. The predicted octanol–water partition coefficient (Wildman–Crippen LogP) is 1.11. The van der Waals surface area contributed by atoms with Crippen LogP contribution >= 0.6 is 0 Å². The van der Waals surface area contributed by atoms with Gasteiger partial charge in [-0.05, 0) is 32.6 Å². The molecule has 0 saturated carbocycles. The van der Waals surface area contributed by atoms with Crippen LogP contribution in [0.15, 0.2) is 4.99 Å². The van der Waals surface area contributed by atoms with E-state index in [1.165, 1.54) is 19.3 Å². The Labute approximate surface area is 104 Å². The highest BCUT2D eigenvalue weighted by molar-refractivity contribution is 5.80. The highest BCUT2D eigenvalue weighted by Gasteiger charge is 2.23. The topological polar surface area (TPSA) is 62.9 Å². The number of guanidine groups is 1. The molecule has 3 N–H and O–H groups in total. The summed E-state index contributed by atoms with van der Waals surface area (Å²) in [5.74, 6) is 6.41. The molecule has 1 fully saturated rings. The second-order valence-corrected chi connectivity index (χ2v) is 4.65. The number of aliphatic imine (C=N–C) groups is 1. The highest BCUT2D eigenvalue weighted by Crippen LogP contribution is 2.19. The summed E-state index contributed by atoms with van der Waals surface area (Å²) in [5, 5.41) is 0. The molecular formula is C12H26N4O. The summed E-state index contributed by atoms with van der Waals surface area (Å²) < 4.78 is 5.10. The van der Waals surface area contributed by atoms with Gasteiger partial charge in [-0.25, -0.2) is 10.8 Å². The third kappa shape index (κ3) is 4.16. The maximum absolute atomic E-state index is 5.60. The number of ether oxygens (including phenoxy) is 1. The van der Waals surface area contributed by atoms with Gasteiger partial charge < -0.3 is 9.64 Å². The molecule has 5 heteroatoms. The fraction of sp³-hybridized carbons (Fsp3) is 0.917. The van der Waals surface area contributed by atoms with Gasteiger partial charge in [-0.1, -0.05) is 6.92 Å². The molecule has 100 valence electrons. The van der Waals surface area contributed by atoms with E-state index in [9.17, 15) is 0 Å². The van der Waals surface area contributed by atoms with Crippen LogP contribution in [0.4, 0.5) is 0 Å². The molecule has 1 heterocycles. The van der Waals surface area contributed by atoms with Crippen molar-refractivity contribution in [2.24, 2.45) is 10.8 Å². The Bertz CT molecular complexity index is 245. The summed E-state index contributed by atoms with van der Waals surface area (Å²) in [6.07, 6.45) is 4.89. The van der Waals surface area contributed by atoms with Gasteiger partial charge in [0.2, 0.25) is 5.96 Å². The van der Waals surface area contributed by atoms with Gasteiger partial charge in [-0.2, -0.15) is 0 Å². The van der Waals surface area contributed by atoms with Gasteiger partial charge >= 0.3 is 0 Å². The molecule has 2 unspecified atom stereocenters. The first-order valence-electron chi connectivity index (χ1n) is 6.52. The van der Waals surface area contributed by atoms with Crippen LogP contribution in [-0.4, -0.2) is 43.2 Å². The van der Waals surface area contributed by atoms with E-state index in [1.54, 1.807) is 7.11 Å². The van der Waals surface area contributed by atoms with Crippen LogP contribution < -0.4 is 11.3 Å². The van der Waals surface area contributed by atoms with Crippen molar-refractivity contribution in [1.29, 1.82) is 0 Å². The Kier molecular flexibility index (Phi) is 6.29. The number of methoxy groups -OCH3 is 1. The highest BCUT2D eigenvalue weighted by atomic mass is 16.5. The summed E-state index contributed by atoms with van der Waals surface area (Å²) in [5.41, 5.74) is 2.75. The van der Waals surface area contributed by atoms with Crippen LogP contribution in [0.2, 0.25) is 0 Å². The van der Waals surface area contributed by atoms with Crippen LogP contribution in [0.1, 0.15) is 39.5 Å². The zero-order chi connectivity index (χ0) is 12.7. The van der Waals surface area contributed by atoms with Gasteiger partial charge in [-0.15, -0.1) is 0 Å². The maximum atomic E-state index is 5.60. The van der Waals surface area contributed by atoms with E-state index in [4.69, 9.17) is 10.6 Å². The van der Waals surface area contributed by atoms with Crippen LogP contribution in [0.25, 0.3) is 0 Å². The first-order chi connectivity index (χ1) is 8.22. The summed E-state index contributed by atoms with van der Waals surface area (Å²) in [6, 6.07) is 0.693. The Morgan fingerprint density at radius 1 is 1.59 bits per heavy atom. The molecule has 2 atom stereocenters. The van der Waals surface area contributed by atoms with Gasteiger partial charge in [-0.3, -0.25) is 5.43 Å². The van der Waals surface area contributed by atoms with E-state index in [-0.39, 0.29) is 6.04 Å². The molecule has 0 aromatic heterocycles. The van der Waals surface area contributed by atoms with Crippen LogP contribution in [0, 0.1) is 0 Å². The fourth-order valence-corrected chi connectivity index (χ4v) is 2.39. The lowest BCUT2D eigenvalue weighted by atomic mass is 10.0. The normalized spacial score (nSPS) is 23.6. The van der Waals surface area contributed by atoms with Crippen molar-refractivity contribution in [3.05, 3.63) is 0 Å². The lowest BCUT2D eigenvalue weighted by molar-refractivity contribution is 0.183. The molecule has 0 amide bonds. The van der Waals surface area contributed by atoms with Crippen LogP contribution in [-0.2, 0) is 4.74 Å². The Balaban J connectivity index is 2.69. The lowest BCUT2D eigenvalue weighted by Crippen LogP contribution is -2.52. The van der Waals surface area contributed by atoms with Crippen molar-refractivity contribution in [2.75, 3.05) is 20.3 Å². The number of nitrogens with zero attached hydrogens (tertiary/aromatic N) is 2. The van der Waals surface area contributed by atoms with E-state index in [1.807, 2.05) is 6.92 Å². The molecule has 0 aromatic carbocycles. The number of piperidine rings is 1. The SMILES string of the molecule is CCC1CCCCN1C(=NC(C)COC)NN. The minimum absolute atomic E-state index is 0.130. The Morgan fingerprint density at radius 2 is 2.35 bits per heavy atom. The second-order valence-electron chi connectivity index (χ2n) is 4.65. The molecule has 0 aliphatic carbocycles. The minimum Gasteiger partial charge on any atom is -0.382 e. The van der Waals surface area contributed by atoms with Crippen molar-refractivity contribution in [3.8, 4) is 0 Å². The number of hydrazine groups is 1. The number of likely N-dealkylation sites (tertiary alicyclic amines) is 1. The van der Waals surface area contributed by atoms with E-state index in [0.717, 1.165) is 18.9 Å². The molecule has 0 aromatic rings. The fourth-order valence-electron chi connectivity index (χ4n) is 2.39. The van der Waals surface area contributed by atoms with E-state index in [2.05, 4.69) is 22.2 Å². The Hall–Kier alpha value is -0.810. The summed E-state index contributed by atoms with van der Waals surface area (Å²) in [6.45, 7) is 5.92. The third-order valence-corrected chi connectivity index (χ3v) is 3.25. The zero-order valence-corrected chi connectivity index (χ0v) is 11.3. The molecule has 1 aliphatic rings. The largest absolute Gasteiger partial charge is 0.382 e. The van der Waals surface area contributed by atoms with Crippen LogP contribution in [0.5, 0.6) is 0 Å². The van der Waals surface area contributed by atoms with Gasteiger partial charge in [0.25, 0.3) is 0 Å². The molecule has 1 rings (SSSR count). The summed E-state index contributed by atoms with van der Waals surface area (Å²) >= 11 is 0.